The quantitative estimate of drug-likeness (QED) is 0.778. The van der Waals surface area contributed by atoms with Crippen LogP contribution in [-0.4, -0.2) is 11.6 Å². The highest BCUT2D eigenvalue weighted by atomic mass is 16.1. The Balaban J connectivity index is 1.89. The van der Waals surface area contributed by atoms with E-state index < -0.39 is 0 Å². The number of allylic oxidation sites excluding steroid dienone is 4. The molecule has 0 spiro atoms. The lowest BCUT2D eigenvalue weighted by molar-refractivity contribution is 0.0968. The van der Waals surface area contributed by atoms with Crippen molar-refractivity contribution in [3.8, 4) is 0 Å². The topological polar surface area (TPSA) is 34.1 Å². The Kier molecular flexibility index (Phi) is 3.12. The highest BCUT2D eigenvalue weighted by Gasteiger charge is 2.36. The van der Waals surface area contributed by atoms with Crippen LogP contribution in [0.3, 0.4) is 0 Å². The molecule has 2 aliphatic rings. The van der Waals surface area contributed by atoms with Crippen molar-refractivity contribution < 1.29 is 9.59 Å². The number of hydrogen-bond acceptors (Lipinski definition) is 2. The fraction of sp³-hybridized carbons (Fsp3) is 0.143. The summed E-state index contributed by atoms with van der Waals surface area (Å²) in [6.07, 6.45) is 2.70. The summed E-state index contributed by atoms with van der Waals surface area (Å²) in [5, 5.41) is 0. The predicted octanol–water partition coefficient (Wildman–Crippen LogP) is 4.49. The van der Waals surface area contributed by atoms with Gasteiger partial charge in [-0.05, 0) is 29.6 Å². The first kappa shape index (κ1) is 13.9. The molecule has 0 saturated heterocycles. The maximum absolute atomic E-state index is 12.9. The number of carbonyl (C=O) groups excluding carboxylic acids is 2. The summed E-state index contributed by atoms with van der Waals surface area (Å²) in [7, 11) is 0. The number of hydrogen-bond donors (Lipinski definition) is 0. The van der Waals surface area contributed by atoms with Crippen molar-refractivity contribution in [2.45, 2.75) is 13.3 Å². The summed E-state index contributed by atoms with van der Waals surface area (Å²) in [5.74, 6) is 0.0243. The summed E-state index contributed by atoms with van der Waals surface area (Å²) in [6, 6.07) is 17.2. The maximum atomic E-state index is 12.9. The lowest BCUT2D eigenvalue weighted by Crippen LogP contribution is -2.27. The standard InChI is InChI=1S/C21H16O2/c1-13-11-15(14-7-3-2-4-8-14)12-18-19(13)21(23)17-10-6-5-9-16(17)20(18)22/h2-10,12-13H,11H2,1H3. The van der Waals surface area contributed by atoms with Gasteiger partial charge in [0.25, 0.3) is 0 Å². The molecule has 2 nitrogen and oxygen atoms in total. The smallest absolute Gasteiger partial charge is 0.194 e. The van der Waals surface area contributed by atoms with Crippen molar-refractivity contribution in [1.82, 2.24) is 0 Å². The molecule has 0 aliphatic heterocycles. The molecule has 1 unspecified atom stereocenters. The Hall–Kier alpha value is -2.74. The molecule has 0 amide bonds. The van der Waals surface area contributed by atoms with Crippen molar-refractivity contribution >= 4 is 17.1 Å². The van der Waals surface area contributed by atoms with Crippen molar-refractivity contribution in [3.63, 3.8) is 0 Å². The van der Waals surface area contributed by atoms with Gasteiger partial charge in [-0.2, -0.15) is 0 Å². The van der Waals surface area contributed by atoms with E-state index in [0.29, 0.717) is 22.3 Å². The third-order valence-electron chi connectivity index (χ3n) is 4.68. The fourth-order valence-corrected chi connectivity index (χ4v) is 3.56. The zero-order valence-electron chi connectivity index (χ0n) is 12.9. The van der Waals surface area contributed by atoms with Crippen molar-refractivity contribution in [3.05, 3.63) is 88.5 Å². The third kappa shape index (κ3) is 2.10. The third-order valence-corrected chi connectivity index (χ3v) is 4.68. The summed E-state index contributed by atoms with van der Waals surface area (Å²) < 4.78 is 0. The van der Waals surface area contributed by atoms with E-state index in [9.17, 15) is 9.59 Å². The minimum atomic E-state index is -0.0322. The molecule has 4 rings (SSSR count). The Morgan fingerprint density at radius 3 is 2.13 bits per heavy atom. The average Bonchev–Trinajstić information content (AvgIpc) is 2.60. The molecule has 0 aromatic heterocycles. The van der Waals surface area contributed by atoms with Gasteiger partial charge in [0.05, 0.1) is 0 Å². The van der Waals surface area contributed by atoms with Gasteiger partial charge >= 0.3 is 0 Å². The van der Waals surface area contributed by atoms with Crippen LogP contribution in [0.4, 0.5) is 0 Å². The van der Waals surface area contributed by atoms with Gasteiger partial charge in [-0.25, -0.2) is 0 Å². The SMILES string of the molecule is CC1CC(c2ccccc2)=CC2=C1C(=O)c1ccccc1C2=O. The second-order valence-electron chi connectivity index (χ2n) is 6.17. The van der Waals surface area contributed by atoms with Crippen LogP contribution in [-0.2, 0) is 0 Å². The average molecular weight is 300 g/mol. The van der Waals surface area contributed by atoms with Crippen LogP contribution >= 0.6 is 0 Å². The van der Waals surface area contributed by atoms with Crippen LogP contribution in [0.2, 0.25) is 0 Å². The zero-order valence-corrected chi connectivity index (χ0v) is 12.9. The van der Waals surface area contributed by atoms with E-state index in [2.05, 4.69) is 0 Å². The lowest BCUT2D eigenvalue weighted by atomic mass is 9.73. The highest BCUT2D eigenvalue weighted by molar-refractivity contribution is 6.28. The summed E-state index contributed by atoms with van der Waals surface area (Å²) in [5.41, 5.74) is 4.55. The molecular formula is C21H16O2. The van der Waals surface area contributed by atoms with Gasteiger partial charge < -0.3 is 0 Å². The molecule has 23 heavy (non-hydrogen) atoms. The Morgan fingerprint density at radius 1 is 0.826 bits per heavy atom. The van der Waals surface area contributed by atoms with Crippen molar-refractivity contribution in [1.29, 1.82) is 0 Å². The minimum Gasteiger partial charge on any atom is -0.289 e. The summed E-state index contributed by atoms with van der Waals surface area (Å²) in [4.78, 5) is 25.7. The zero-order chi connectivity index (χ0) is 16.0. The van der Waals surface area contributed by atoms with Crippen molar-refractivity contribution in [2.75, 3.05) is 0 Å². The van der Waals surface area contributed by atoms with Crippen LogP contribution in [0.1, 0.15) is 39.6 Å². The van der Waals surface area contributed by atoms with Gasteiger partial charge in [-0.15, -0.1) is 0 Å². The van der Waals surface area contributed by atoms with Crippen LogP contribution in [0, 0.1) is 5.92 Å². The molecule has 0 radical (unpaired) electrons. The minimum absolute atomic E-state index is 0.00561. The van der Waals surface area contributed by atoms with E-state index in [4.69, 9.17) is 0 Å². The van der Waals surface area contributed by atoms with E-state index in [-0.39, 0.29) is 17.5 Å². The number of carbonyl (C=O) groups is 2. The van der Waals surface area contributed by atoms with E-state index in [0.717, 1.165) is 17.6 Å². The molecule has 112 valence electrons. The summed E-state index contributed by atoms with van der Waals surface area (Å²) >= 11 is 0. The van der Waals surface area contributed by atoms with Crippen LogP contribution < -0.4 is 0 Å². The monoisotopic (exact) mass is 300 g/mol. The first-order valence-electron chi connectivity index (χ1n) is 7.85. The van der Waals surface area contributed by atoms with Gasteiger partial charge in [-0.3, -0.25) is 9.59 Å². The van der Waals surface area contributed by atoms with Crippen LogP contribution in [0.25, 0.3) is 5.57 Å². The maximum Gasteiger partial charge on any atom is 0.194 e. The van der Waals surface area contributed by atoms with Crippen molar-refractivity contribution in [2.24, 2.45) is 5.92 Å². The van der Waals surface area contributed by atoms with Gasteiger partial charge in [0.15, 0.2) is 11.6 Å². The normalized spacial score (nSPS) is 20.0. The molecule has 2 aromatic carbocycles. The van der Waals surface area contributed by atoms with Gasteiger partial charge in [0.1, 0.15) is 0 Å². The summed E-state index contributed by atoms with van der Waals surface area (Å²) in [6.45, 7) is 2.03. The molecule has 0 saturated carbocycles. The Labute approximate surface area is 135 Å². The molecule has 1 atom stereocenters. The Bertz CT molecular complexity index is 885. The number of ketones is 2. The molecule has 2 aliphatic carbocycles. The fourth-order valence-electron chi connectivity index (χ4n) is 3.56. The highest BCUT2D eigenvalue weighted by Crippen LogP contribution is 2.40. The van der Waals surface area contributed by atoms with Crippen LogP contribution in [0.15, 0.2) is 71.8 Å². The van der Waals surface area contributed by atoms with Gasteiger partial charge in [0.2, 0.25) is 0 Å². The van der Waals surface area contributed by atoms with Gasteiger partial charge in [0, 0.05) is 22.3 Å². The van der Waals surface area contributed by atoms with E-state index in [1.165, 1.54) is 0 Å². The second kappa shape index (κ2) is 5.17. The lowest BCUT2D eigenvalue weighted by Gasteiger charge is -2.28. The van der Waals surface area contributed by atoms with E-state index >= 15 is 0 Å². The molecule has 0 N–H and O–H groups in total. The molecule has 0 bridgehead atoms. The molecule has 2 heteroatoms. The second-order valence-corrected chi connectivity index (χ2v) is 6.17. The Morgan fingerprint density at radius 2 is 1.43 bits per heavy atom. The molecule has 0 fully saturated rings. The first-order chi connectivity index (χ1) is 11.2. The number of benzene rings is 2. The van der Waals surface area contributed by atoms with E-state index in [1.54, 1.807) is 12.1 Å². The molecule has 2 aromatic rings. The number of fused-ring (bicyclic) bond motifs is 1. The molecular weight excluding hydrogens is 284 g/mol. The number of rotatable bonds is 1. The molecule has 0 heterocycles. The van der Waals surface area contributed by atoms with E-state index in [1.807, 2.05) is 55.5 Å². The largest absolute Gasteiger partial charge is 0.289 e. The number of Topliss-reactive ketones (excluding diaryl/α,β-unsaturated/α-hetero) is 2. The first-order valence-corrected chi connectivity index (χ1v) is 7.85. The van der Waals surface area contributed by atoms with Gasteiger partial charge in [-0.1, -0.05) is 61.5 Å². The predicted molar refractivity (Wildman–Crippen MR) is 90.3 cm³/mol. The van der Waals surface area contributed by atoms with Crippen LogP contribution in [0.5, 0.6) is 0 Å².